The molecule has 2 atom stereocenters. The van der Waals surface area contributed by atoms with Crippen molar-refractivity contribution in [2.45, 2.75) is 65.4 Å². The van der Waals surface area contributed by atoms with Crippen LogP contribution in [0.2, 0.25) is 0 Å². The highest BCUT2D eigenvalue weighted by atomic mass is 19.4. The zero-order valence-corrected chi connectivity index (χ0v) is 30.8. The molecule has 278 valence electrons. The van der Waals surface area contributed by atoms with Gasteiger partial charge in [0.2, 0.25) is 0 Å². The quantitative estimate of drug-likeness (QED) is 0.208. The number of H-pyrrole nitrogens is 1. The van der Waals surface area contributed by atoms with Crippen molar-refractivity contribution >= 4 is 33.5 Å². The minimum absolute atomic E-state index is 0.0481. The third-order valence-electron chi connectivity index (χ3n) is 11.2. The van der Waals surface area contributed by atoms with Crippen molar-refractivity contribution in [1.82, 2.24) is 29.6 Å². The number of likely N-dealkylation sites (tertiary alicyclic amines) is 2. The van der Waals surface area contributed by atoms with E-state index in [1.54, 1.807) is 23.1 Å². The Morgan fingerprint density at radius 1 is 0.962 bits per heavy atom. The molecule has 4 heterocycles. The number of alkyl halides is 3. The molecule has 52 heavy (non-hydrogen) atoms. The SMILES string of the molecule is C=C(N1CCC(N2CCN(C(=O)Nc3ccc(-c4ccc5c(ccc6[nH]c([C@@H]7C[C@H](C)CN7C)nc65)c4)c(OC(F)(F)F)c3)CC2)CC1)C(C)(C)C. The largest absolute Gasteiger partial charge is 0.573 e. The molecule has 7 rings (SSSR count). The highest BCUT2D eigenvalue weighted by Crippen LogP contribution is 2.39. The number of carbonyl (C=O) groups excluding carboxylic acids is 1. The first-order chi connectivity index (χ1) is 24.6. The van der Waals surface area contributed by atoms with E-state index >= 15 is 0 Å². The first-order valence-electron chi connectivity index (χ1n) is 18.4. The molecule has 3 saturated heterocycles. The Morgan fingerprint density at radius 2 is 1.69 bits per heavy atom. The van der Waals surface area contributed by atoms with Crippen LogP contribution in [0.5, 0.6) is 5.75 Å². The van der Waals surface area contributed by atoms with E-state index in [4.69, 9.17) is 4.98 Å². The van der Waals surface area contributed by atoms with E-state index in [-0.39, 0.29) is 34.5 Å². The summed E-state index contributed by atoms with van der Waals surface area (Å²) in [5.74, 6) is 1.14. The standard InChI is InChI=1S/C40H50F3N7O2/c1-25-21-34(47(6)24-25)37-45-33-12-8-28-22-27(7-10-32(28)36(33)46-37)31-11-9-29(23-35(31)52-40(41,42)43)44-38(51)50-19-17-49(18-20-50)30-13-15-48(16-14-30)26(2)39(3,4)5/h7-12,22-23,25,30,34H,2,13-21,24H2,1,3-6H3,(H,44,51)(H,45,46)/t25-,34-/m0/s1. The van der Waals surface area contributed by atoms with Gasteiger partial charge in [-0.15, -0.1) is 13.2 Å². The zero-order chi connectivity index (χ0) is 36.9. The summed E-state index contributed by atoms with van der Waals surface area (Å²) in [6, 6.07) is 14.3. The zero-order valence-electron chi connectivity index (χ0n) is 30.8. The van der Waals surface area contributed by atoms with Gasteiger partial charge < -0.3 is 24.8 Å². The van der Waals surface area contributed by atoms with Gasteiger partial charge in [0.1, 0.15) is 11.6 Å². The van der Waals surface area contributed by atoms with E-state index < -0.39 is 6.36 Å². The summed E-state index contributed by atoms with van der Waals surface area (Å²) in [7, 11) is 2.11. The number of aromatic amines is 1. The van der Waals surface area contributed by atoms with E-state index in [1.165, 1.54) is 11.8 Å². The molecule has 3 aromatic carbocycles. The van der Waals surface area contributed by atoms with Crippen LogP contribution in [-0.2, 0) is 0 Å². The number of nitrogens with one attached hydrogen (secondary N) is 2. The van der Waals surface area contributed by atoms with Crippen LogP contribution in [0.1, 0.15) is 58.8 Å². The molecule has 12 heteroatoms. The number of hydrogen-bond acceptors (Lipinski definition) is 6. The second-order valence-corrected chi connectivity index (χ2v) is 15.9. The number of carbonyl (C=O) groups is 1. The smallest absolute Gasteiger partial charge is 0.405 e. The molecule has 3 fully saturated rings. The number of fused-ring (bicyclic) bond motifs is 3. The maximum atomic E-state index is 13.7. The fraction of sp³-hybridized carbons (Fsp3) is 0.500. The number of piperidine rings is 1. The van der Waals surface area contributed by atoms with Crippen LogP contribution >= 0.6 is 0 Å². The van der Waals surface area contributed by atoms with Gasteiger partial charge in [-0.25, -0.2) is 9.78 Å². The van der Waals surface area contributed by atoms with Crippen molar-refractivity contribution < 1.29 is 22.7 Å². The Morgan fingerprint density at radius 3 is 2.35 bits per heavy atom. The van der Waals surface area contributed by atoms with E-state index in [0.717, 1.165) is 79.6 Å². The Hall–Kier alpha value is -4.29. The number of urea groups is 1. The number of ether oxygens (including phenoxy) is 1. The van der Waals surface area contributed by atoms with E-state index in [1.807, 2.05) is 24.3 Å². The average Bonchev–Trinajstić information content (AvgIpc) is 3.69. The van der Waals surface area contributed by atoms with E-state index in [9.17, 15) is 18.0 Å². The van der Waals surface area contributed by atoms with Crippen molar-refractivity contribution in [3.05, 3.63) is 66.6 Å². The molecular weight excluding hydrogens is 667 g/mol. The molecule has 0 spiro atoms. The number of amides is 2. The average molecular weight is 718 g/mol. The summed E-state index contributed by atoms with van der Waals surface area (Å²) in [5.41, 5.74) is 4.06. The third kappa shape index (κ3) is 7.59. The maximum absolute atomic E-state index is 13.7. The van der Waals surface area contributed by atoms with Crippen molar-refractivity contribution in [2.75, 3.05) is 58.2 Å². The Kier molecular flexibility index (Phi) is 9.66. The number of halogens is 3. The molecule has 1 aromatic heterocycles. The highest BCUT2D eigenvalue weighted by molar-refractivity contribution is 6.05. The summed E-state index contributed by atoms with van der Waals surface area (Å²) in [5, 5.41) is 4.58. The van der Waals surface area contributed by atoms with Crippen LogP contribution < -0.4 is 10.1 Å². The lowest BCUT2D eigenvalue weighted by Gasteiger charge is -2.45. The highest BCUT2D eigenvalue weighted by Gasteiger charge is 2.34. The van der Waals surface area contributed by atoms with Crippen LogP contribution in [0.4, 0.5) is 23.7 Å². The second kappa shape index (κ2) is 13.9. The summed E-state index contributed by atoms with van der Waals surface area (Å²) in [6.45, 7) is 18.7. The molecule has 0 unspecified atom stereocenters. The number of anilines is 1. The lowest BCUT2D eigenvalue weighted by molar-refractivity contribution is -0.274. The number of rotatable bonds is 6. The topological polar surface area (TPSA) is 80.0 Å². The van der Waals surface area contributed by atoms with Gasteiger partial charge in [0.25, 0.3) is 0 Å². The molecule has 2 amide bonds. The summed E-state index contributed by atoms with van der Waals surface area (Å²) in [4.78, 5) is 30.6. The van der Waals surface area contributed by atoms with Gasteiger partial charge in [-0.05, 0) is 67.4 Å². The fourth-order valence-electron chi connectivity index (χ4n) is 8.24. The molecule has 9 nitrogen and oxygen atoms in total. The monoisotopic (exact) mass is 717 g/mol. The van der Waals surface area contributed by atoms with Crippen LogP contribution in [0.15, 0.2) is 60.8 Å². The Balaban J connectivity index is 1.03. The summed E-state index contributed by atoms with van der Waals surface area (Å²) < 4.78 is 45.6. The van der Waals surface area contributed by atoms with Crippen molar-refractivity contribution in [3.8, 4) is 16.9 Å². The number of aromatic nitrogens is 2. The third-order valence-corrected chi connectivity index (χ3v) is 11.2. The second-order valence-electron chi connectivity index (χ2n) is 15.9. The number of nitrogens with zero attached hydrogens (tertiary/aromatic N) is 5. The van der Waals surface area contributed by atoms with Gasteiger partial charge in [-0.3, -0.25) is 9.80 Å². The molecule has 0 radical (unpaired) electrons. The van der Waals surface area contributed by atoms with Gasteiger partial charge in [0.15, 0.2) is 0 Å². The lowest BCUT2D eigenvalue weighted by atomic mass is 9.90. The minimum Gasteiger partial charge on any atom is -0.405 e. The molecule has 3 aliphatic rings. The van der Waals surface area contributed by atoms with Gasteiger partial charge in [0.05, 0.1) is 17.1 Å². The number of hydrogen-bond donors (Lipinski definition) is 2. The number of imidazole rings is 1. The first-order valence-corrected chi connectivity index (χ1v) is 18.4. The van der Waals surface area contributed by atoms with Gasteiger partial charge in [-0.1, -0.05) is 52.5 Å². The molecular formula is C40H50F3N7O2. The van der Waals surface area contributed by atoms with Gasteiger partial charge in [-0.2, -0.15) is 0 Å². The van der Waals surface area contributed by atoms with Crippen LogP contribution in [0.25, 0.3) is 32.9 Å². The van der Waals surface area contributed by atoms with Gasteiger partial charge in [0, 0.05) is 85.7 Å². The predicted octanol–water partition coefficient (Wildman–Crippen LogP) is 8.47. The number of benzene rings is 3. The van der Waals surface area contributed by atoms with Crippen LogP contribution in [0, 0.1) is 11.3 Å². The normalized spacial score (nSPS) is 21.3. The number of piperazine rings is 1. The molecule has 3 aliphatic heterocycles. The van der Waals surface area contributed by atoms with E-state index in [2.05, 4.69) is 71.1 Å². The van der Waals surface area contributed by atoms with Gasteiger partial charge >= 0.3 is 12.4 Å². The molecule has 0 saturated carbocycles. The Labute approximate surface area is 303 Å². The first kappa shape index (κ1) is 36.1. The Bertz CT molecular complexity index is 1950. The molecule has 0 bridgehead atoms. The van der Waals surface area contributed by atoms with Crippen molar-refractivity contribution in [2.24, 2.45) is 11.3 Å². The number of allylic oxidation sites excluding steroid dienone is 1. The molecule has 2 N–H and O–H groups in total. The predicted molar refractivity (Wildman–Crippen MR) is 200 cm³/mol. The summed E-state index contributed by atoms with van der Waals surface area (Å²) in [6.07, 6.45) is -1.77. The summed E-state index contributed by atoms with van der Waals surface area (Å²) >= 11 is 0. The molecule has 4 aromatic rings. The van der Waals surface area contributed by atoms with Crippen molar-refractivity contribution in [1.29, 1.82) is 0 Å². The lowest BCUT2D eigenvalue weighted by Crippen LogP contribution is -2.55. The molecule has 0 aliphatic carbocycles. The van der Waals surface area contributed by atoms with E-state index in [0.29, 0.717) is 30.6 Å². The fourth-order valence-corrected chi connectivity index (χ4v) is 8.24. The minimum atomic E-state index is -4.91. The maximum Gasteiger partial charge on any atom is 0.573 e. The van der Waals surface area contributed by atoms with Crippen LogP contribution in [-0.4, -0.2) is 101 Å². The van der Waals surface area contributed by atoms with Crippen molar-refractivity contribution in [3.63, 3.8) is 0 Å². The van der Waals surface area contributed by atoms with Crippen LogP contribution in [0.3, 0.4) is 0 Å².